The number of aryl methyl sites for hydroxylation is 2. The summed E-state index contributed by atoms with van der Waals surface area (Å²) >= 11 is 10.6. The molecule has 0 aliphatic rings. The summed E-state index contributed by atoms with van der Waals surface area (Å²) in [6, 6.07) is 21.5. The quantitative estimate of drug-likeness (QED) is 0.426. The Morgan fingerprint density at radius 3 is 1.31 bits per heavy atom. The maximum atomic E-state index is 12.3. The van der Waals surface area contributed by atoms with Crippen LogP contribution in [-0.4, -0.2) is 22.0 Å². The van der Waals surface area contributed by atoms with Crippen LogP contribution < -0.4 is 21.3 Å². The van der Waals surface area contributed by atoms with Crippen LogP contribution in [-0.2, 0) is 0 Å². The fourth-order valence-electron chi connectivity index (χ4n) is 2.92. The van der Waals surface area contributed by atoms with E-state index in [4.69, 9.17) is 24.4 Å². The van der Waals surface area contributed by atoms with E-state index < -0.39 is 0 Å². The zero-order chi connectivity index (χ0) is 23.1. The second-order valence-electron chi connectivity index (χ2n) is 7.03. The van der Waals surface area contributed by atoms with Crippen LogP contribution in [0.2, 0.25) is 0 Å². The third kappa shape index (κ3) is 6.19. The van der Waals surface area contributed by atoms with Crippen LogP contribution in [0.4, 0.5) is 11.4 Å². The van der Waals surface area contributed by atoms with Gasteiger partial charge in [-0.05, 0) is 85.8 Å². The molecule has 162 valence electrons. The fraction of sp³-hybridized carbons (Fsp3) is 0.0833. The normalized spacial score (nSPS) is 10.1. The van der Waals surface area contributed by atoms with Gasteiger partial charge in [0.1, 0.15) is 0 Å². The molecule has 32 heavy (non-hydrogen) atoms. The van der Waals surface area contributed by atoms with Gasteiger partial charge in [-0.2, -0.15) is 0 Å². The summed E-state index contributed by atoms with van der Waals surface area (Å²) in [6.45, 7) is 3.81. The largest absolute Gasteiger partial charge is 0.332 e. The van der Waals surface area contributed by atoms with Crippen molar-refractivity contribution in [3.63, 3.8) is 0 Å². The Balaban J connectivity index is 1.62. The predicted octanol–water partition coefficient (Wildman–Crippen LogP) is 4.56. The molecule has 0 heterocycles. The van der Waals surface area contributed by atoms with E-state index in [-0.39, 0.29) is 22.0 Å². The van der Waals surface area contributed by atoms with Crippen molar-refractivity contribution in [1.29, 1.82) is 0 Å². The Morgan fingerprint density at radius 1 is 0.625 bits per heavy atom. The van der Waals surface area contributed by atoms with Crippen molar-refractivity contribution in [2.24, 2.45) is 0 Å². The maximum Gasteiger partial charge on any atom is 0.257 e. The lowest BCUT2D eigenvalue weighted by atomic mass is 10.1. The van der Waals surface area contributed by atoms with Crippen molar-refractivity contribution in [3.05, 3.63) is 95.1 Å². The molecule has 0 saturated carbocycles. The van der Waals surface area contributed by atoms with Gasteiger partial charge in [0.05, 0.1) is 0 Å². The Kier molecular flexibility index (Phi) is 7.64. The van der Waals surface area contributed by atoms with Gasteiger partial charge in [0, 0.05) is 22.5 Å². The Bertz CT molecular complexity index is 1070. The summed E-state index contributed by atoms with van der Waals surface area (Å²) < 4.78 is 0. The van der Waals surface area contributed by atoms with Crippen LogP contribution >= 0.6 is 24.4 Å². The highest BCUT2D eigenvalue weighted by Crippen LogP contribution is 2.24. The number of amides is 2. The summed E-state index contributed by atoms with van der Waals surface area (Å²) in [7, 11) is 0. The van der Waals surface area contributed by atoms with E-state index in [0.29, 0.717) is 11.1 Å². The van der Waals surface area contributed by atoms with E-state index in [1.165, 1.54) is 0 Å². The van der Waals surface area contributed by atoms with E-state index in [2.05, 4.69) is 21.3 Å². The first kappa shape index (κ1) is 23.1. The van der Waals surface area contributed by atoms with Crippen molar-refractivity contribution >= 4 is 57.8 Å². The number of hydrogen-bond donors (Lipinski definition) is 4. The number of thiocarbonyl (C=S) groups is 2. The van der Waals surface area contributed by atoms with Crippen molar-refractivity contribution in [2.45, 2.75) is 13.8 Å². The highest BCUT2D eigenvalue weighted by molar-refractivity contribution is 7.80. The summed E-state index contributed by atoms with van der Waals surface area (Å²) in [6.07, 6.45) is 0. The Hall–Kier alpha value is -3.62. The fourth-order valence-corrected chi connectivity index (χ4v) is 3.33. The lowest BCUT2D eigenvalue weighted by molar-refractivity contribution is 0.0969. The van der Waals surface area contributed by atoms with Gasteiger partial charge in [-0.1, -0.05) is 36.4 Å². The molecule has 0 atom stereocenters. The van der Waals surface area contributed by atoms with E-state index in [1.54, 1.807) is 48.5 Å². The Morgan fingerprint density at radius 2 is 0.969 bits per heavy atom. The van der Waals surface area contributed by atoms with E-state index in [9.17, 15) is 9.59 Å². The number of carbonyl (C=O) groups excluding carboxylic acids is 2. The highest BCUT2D eigenvalue weighted by Gasteiger charge is 2.12. The SMILES string of the molecule is Cc1cc(NC(=S)NC(=O)c2ccccc2)c(C)cc1NC(=S)NC(=O)c1ccccc1. The minimum Gasteiger partial charge on any atom is -0.332 e. The molecule has 0 radical (unpaired) electrons. The Labute approximate surface area is 197 Å². The van der Waals surface area contributed by atoms with Crippen LogP contribution in [0.25, 0.3) is 0 Å². The van der Waals surface area contributed by atoms with Gasteiger partial charge in [-0.15, -0.1) is 0 Å². The van der Waals surface area contributed by atoms with Crippen LogP contribution in [0.1, 0.15) is 31.8 Å². The lowest BCUT2D eigenvalue weighted by Crippen LogP contribution is -2.35. The molecule has 0 aromatic heterocycles. The van der Waals surface area contributed by atoms with Gasteiger partial charge >= 0.3 is 0 Å². The van der Waals surface area contributed by atoms with Crippen LogP contribution in [0, 0.1) is 13.8 Å². The molecule has 0 unspecified atom stereocenters. The molecule has 0 saturated heterocycles. The second-order valence-corrected chi connectivity index (χ2v) is 7.85. The molecule has 3 aromatic carbocycles. The monoisotopic (exact) mass is 462 g/mol. The molecular weight excluding hydrogens is 440 g/mol. The second kappa shape index (κ2) is 10.6. The van der Waals surface area contributed by atoms with Gasteiger partial charge in [0.2, 0.25) is 0 Å². The number of carbonyl (C=O) groups is 2. The number of nitrogens with one attached hydrogen (secondary N) is 4. The van der Waals surface area contributed by atoms with E-state index in [1.807, 2.05) is 38.1 Å². The minimum absolute atomic E-state index is 0.202. The average molecular weight is 463 g/mol. The van der Waals surface area contributed by atoms with E-state index in [0.717, 1.165) is 22.5 Å². The number of rotatable bonds is 4. The van der Waals surface area contributed by atoms with Gasteiger partial charge < -0.3 is 10.6 Å². The molecular formula is C24H22N4O2S2. The maximum absolute atomic E-state index is 12.3. The van der Waals surface area contributed by atoms with Crippen LogP contribution in [0.3, 0.4) is 0 Å². The molecule has 0 aliphatic heterocycles. The van der Waals surface area contributed by atoms with E-state index >= 15 is 0 Å². The number of anilines is 2. The molecule has 4 N–H and O–H groups in total. The number of hydrogen-bond acceptors (Lipinski definition) is 4. The van der Waals surface area contributed by atoms with Gasteiger partial charge in [-0.3, -0.25) is 20.2 Å². The molecule has 8 heteroatoms. The third-order valence-corrected chi connectivity index (χ3v) is 5.00. The van der Waals surface area contributed by atoms with Crippen molar-refractivity contribution < 1.29 is 9.59 Å². The first-order valence-corrected chi connectivity index (χ1v) is 10.6. The predicted molar refractivity (Wildman–Crippen MR) is 136 cm³/mol. The summed E-state index contributed by atoms with van der Waals surface area (Å²) in [5.41, 5.74) is 4.32. The molecule has 0 bridgehead atoms. The molecule has 0 aliphatic carbocycles. The molecule has 3 rings (SSSR count). The summed E-state index contributed by atoms with van der Waals surface area (Å²) in [5.74, 6) is -0.564. The van der Waals surface area contributed by atoms with Crippen LogP contribution in [0.15, 0.2) is 72.8 Å². The first-order valence-electron chi connectivity index (χ1n) is 9.79. The zero-order valence-corrected chi connectivity index (χ0v) is 19.2. The molecule has 6 nitrogen and oxygen atoms in total. The lowest BCUT2D eigenvalue weighted by Gasteiger charge is -2.17. The van der Waals surface area contributed by atoms with Gasteiger partial charge in [-0.25, -0.2) is 0 Å². The molecule has 2 amide bonds. The van der Waals surface area contributed by atoms with Crippen molar-refractivity contribution in [3.8, 4) is 0 Å². The smallest absolute Gasteiger partial charge is 0.257 e. The van der Waals surface area contributed by atoms with Crippen molar-refractivity contribution in [1.82, 2.24) is 10.6 Å². The third-order valence-electron chi connectivity index (χ3n) is 4.59. The molecule has 3 aromatic rings. The molecule has 0 spiro atoms. The standard InChI is InChI=1S/C24H22N4O2S2/c1-15-13-20(26-24(32)28-22(30)18-11-7-4-8-12-18)16(2)14-19(15)25-23(31)27-21(29)17-9-5-3-6-10-17/h3-14H,1-2H3,(H2,25,27,29,31)(H2,26,28,30,32). The highest BCUT2D eigenvalue weighted by atomic mass is 32.1. The summed E-state index contributed by atoms with van der Waals surface area (Å²) in [4.78, 5) is 24.5. The van der Waals surface area contributed by atoms with Gasteiger partial charge in [0.15, 0.2) is 10.2 Å². The minimum atomic E-state index is -0.282. The zero-order valence-electron chi connectivity index (χ0n) is 17.6. The van der Waals surface area contributed by atoms with Crippen molar-refractivity contribution in [2.75, 3.05) is 10.6 Å². The van der Waals surface area contributed by atoms with Crippen LogP contribution in [0.5, 0.6) is 0 Å². The average Bonchev–Trinajstić information content (AvgIpc) is 2.78. The van der Waals surface area contributed by atoms with Gasteiger partial charge in [0.25, 0.3) is 11.8 Å². The first-order chi connectivity index (χ1) is 15.3. The molecule has 0 fully saturated rings. The topological polar surface area (TPSA) is 82.3 Å². The number of benzene rings is 3. The summed E-state index contributed by atoms with van der Waals surface area (Å²) in [5, 5.41) is 11.9.